The van der Waals surface area contributed by atoms with Crippen molar-refractivity contribution in [3.63, 3.8) is 0 Å². The first kappa shape index (κ1) is 28.9. The van der Waals surface area contributed by atoms with Crippen LogP contribution < -0.4 is 10.5 Å². The van der Waals surface area contributed by atoms with Crippen molar-refractivity contribution in [3.05, 3.63) is 58.7 Å². The van der Waals surface area contributed by atoms with E-state index in [1.165, 1.54) is 38.1 Å². The van der Waals surface area contributed by atoms with Crippen molar-refractivity contribution in [2.45, 2.75) is 23.6 Å². The van der Waals surface area contributed by atoms with Crippen LogP contribution in [0.4, 0.5) is 0 Å². The van der Waals surface area contributed by atoms with Crippen LogP contribution >= 0.6 is 0 Å². The first-order valence-corrected chi connectivity index (χ1v) is 10.4. The number of benzene rings is 2. The van der Waals surface area contributed by atoms with Gasteiger partial charge in [-0.1, -0.05) is 12.1 Å². The molecule has 0 atom stereocenters. The molecule has 12 nitrogen and oxygen atoms in total. The van der Waals surface area contributed by atoms with Gasteiger partial charge in [-0.25, -0.2) is 9.59 Å². The molecule has 0 heterocycles. The molecule has 31 heavy (non-hydrogen) atoms. The van der Waals surface area contributed by atoms with Gasteiger partial charge >= 0.3 is 35.0 Å². The molecular weight excluding hydrogens is 473 g/mol. The van der Waals surface area contributed by atoms with E-state index < -0.39 is 42.0 Å². The third-order valence-corrected chi connectivity index (χ3v) is 5.55. The minimum atomic E-state index is -4.41. The molecule has 0 fully saturated rings. The van der Waals surface area contributed by atoms with Gasteiger partial charge in [0.2, 0.25) is 0 Å². The van der Waals surface area contributed by atoms with Gasteiger partial charge in [0.05, 0.1) is 20.9 Å². The van der Waals surface area contributed by atoms with E-state index in [1.807, 2.05) is 0 Å². The predicted octanol–water partition coefficient (Wildman–Crippen LogP) is -1.03. The van der Waals surface area contributed by atoms with Gasteiger partial charge in [0.25, 0.3) is 20.2 Å². The van der Waals surface area contributed by atoms with E-state index in [9.17, 15) is 36.9 Å². The van der Waals surface area contributed by atoms with E-state index in [1.54, 1.807) is 0 Å². The SMILES string of the molecule is Cc1ccc(C(=O)O[O-])cc1S(=O)(=O)O.Cc1ccc(C(=O)O[O-])cc1S(=O)(=O)O.[Mg+2]. The minimum Gasteiger partial charge on any atom is -0.661 e. The summed E-state index contributed by atoms with van der Waals surface area (Å²) in [6.45, 7) is 2.88. The third kappa shape index (κ3) is 8.15. The largest absolute Gasteiger partial charge is 2.00 e. The average Bonchev–Trinajstić information content (AvgIpc) is 2.66. The first-order valence-electron chi connectivity index (χ1n) is 7.57. The minimum absolute atomic E-state index is 0. The van der Waals surface area contributed by atoms with Gasteiger partial charge in [-0.15, -0.1) is 0 Å². The summed E-state index contributed by atoms with van der Waals surface area (Å²) in [6, 6.07) is 6.79. The summed E-state index contributed by atoms with van der Waals surface area (Å²) in [6.07, 6.45) is 0. The molecule has 0 saturated carbocycles. The Labute approximate surface area is 192 Å². The Morgan fingerprint density at radius 1 is 0.742 bits per heavy atom. The molecule has 0 amide bonds. The molecule has 164 valence electrons. The Morgan fingerprint density at radius 3 is 1.26 bits per heavy atom. The van der Waals surface area contributed by atoms with Gasteiger partial charge in [-0.05, 0) is 49.2 Å². The van der Waals surface area contributed by atoms with Crippen LogP contribution in [0.15, 0.2) is 46.2 Å². The van der Waals surface area contributed by atoms with E-state index in [2.05, 4.69) is 9.78 Å². The molecule has 0 saturated heterocycles. The maximum Gasteiger partial charge on any atom is 2.00 e. The second-order valence-corrected chi connectivity index (χ2v) is 8.43. The molecule has 2 aromatic carbocycles. The summed E-state index contributed by atoms with van der Waals surface area (Å²) in [5.74, 6) is -2.42. The standard InChI is InChI=1S/2C8H8O6S.Mg/c2*1-5-2-3-6(8(9)14-10)4-7(5)15(11,12)13;/h2*2-4,10H,1H3,(H,11,12,13);/q;;+2/p-2. The molecule has 0 aliphatic carbocycles. The van der Waals surface area contributed by atoms with E-state index >= 15 is 0 Å². The monoisotopic (exact) mass is 486 g/mol. The molecule has 2 rings (SSSR count). The third-order valence-electron chi connectivity index (χ3n) is 3.55. The number of aryl methyl sites for hydroxylation is 2. The van der Waals surface area contributed by atoms with E-state index in [-0.39, 0.29) is 45.3 Å². The van der Waals surface area contributed by atoms with E-state index in [4.69, 9.17) is 9.11 Å². The quantitative estimate of drug-likeness (QED) is 0.230. The fraction of sp³-hybridized carbons (Fsp3) is 0.125. The van der Waals surface area contributed by atoms with Crippen LogP contribution in [0.25, 0.3) is 0 Å². The molecule has 2 aromatic rings. The van der Waals surface area contributed by atoms with Gasteiger partial charge in [-0.3, -0.25) is 9.11 Å². The molecule has 0 aromatic heterocycles. The van der Waals surface area contributed by atoms with Gasteiger partial charge in [-0.2, -0.15) is 16.8 Å². The zero-order valence-electron chi connectivity index (χ0n) is 16.0. The normalized spacial score (nSPS) is 10.8. The second-order valence-electron chi connectivity index (χ2n) is 5.65. The molecular formula is C16H14MgO12S2. The molecule has 0 aliphatic heterocycles. The van der Waals surface area contributed by atoms with Crippen molar-refractivity contribution in [2.75, 3.05) is 0 Å². The van der Waals surface area contributed by atoms with Crippen molar-refractivity contribution in [1.82, 2.24) is 0 Å². The van der Waals surface area contributed by atoms with Crippen molar-refractivity contribution >= 4 is 55.2 Å². The van der Waals surface area contributed by atoms with Crippen LogP contribution in [0.5, 0.6) is 0 Å². The fourth-order valence-electron chi connectivity index (χ4n) is 2.11. The molecule has 0 radical (unpaired) electrons. The topological polar surface area (TPSA) is 207 Å². The van der Waals surface area contributed by atoms with Gasteiger partial charge < -0.3 is 20.3 Å². The summed E-state index contributed by atoms with van der Waals surface area (Å²) in [5, 5.41) is 19.6. The van der Waals surface area contributed by atoms with Crippen LogP contribution in [0.2, 0.25) is 0 Å². The molecule has 2 N–H and O–H groups in total. The Morgan fingerprint density at radius 2 is 1.03 bits per heavy atom. The Kier molecular flexibility index (Phi) is 10.7. The van der Waals surface area contributed by atoms with Crippen LogP contribution in [-0.4, -0.2) is 60.9 Å². The molecule has 0 aliphatic rings. The van der Waals surface area contributed by atoms with Gasteiger partial charge in [0.15, 0.2) is 0 Å². The number of carbonyl (C=O) groups is 2. The molecule has 15 heteroatoms. The van der Waals surface area contributed by atoms with Gasteiger partial charge in [0, 0.05) is 0 Å². The molecule has 0 bridgehead atoms. The predicted molar refractivity (Wildman–Crippen MR) is 98.6 cm³/mol. The maximum absolute atomic E-state index is 10.8. The Hall–Kier alpha value is -2.11. The van der Waals surface area contributed by atoms with Crippen LogP contribution in [0.1, 0.15) is 31.8 Å². The summed E-state index contributed by atoms with van der Waals surface area (Å²) in [4.78, 5) is 27.1. The van der Waals surface area contributed by atoms with Crippen LogP contribution in [-0.2, 0) is 30.0 Å². The summed E-state index contributed by atoms with van der Waals surface area (Å²) in [5.41, 5.74) is 0.0614. The smallest absolute Gasteiger partial charge is 0.661 e. The summed E-state index contributed by atoms with van der Waals surface area (Å²) < 4.78 is 61.0. The molecule has 0 spiro atoms. The Balaban J connectivity index is 0.000000562. The van der Waals surface area contributed by atoms with Crippen molar-refractivity contribution in [1.29, 1.82) is 0 Å². The van der Waals surface area contributed by atoms with Gasteiger partial charge in [0.1, 0.15) is 0 Å². The number of rotatable bonds is 4. The van der Waals surface area contributed by atoms with Crippen LogP contribution in [0, 0.1) is 13.8 Å². The summed E-state index contributed by atoms with van der Waals surface area (Å²) in [7, 11) is -8.82. The Bertz CT molecular complexity index is 1080. The van der Waals surface area contributed by atoms with Crippen molar-refractivity contribution < 1.29 is 55.8 Å². The van der Waals surface area contributed by atoms with Crippen LogP contribution in [0.3, 0.4) is 0 Å². The number of hydrogen-bond donors (Lipinski definition) is 2. The maximum atomic E-state index is 10.8. The second kappa shape index (κ2) is 11.5. The van der Waals surface area contributed by atoms with Crippen molar-refractivity contribution in [3.8, 4) is 0 Å². The zero-order valence-corrected chi connectivity index (χ0v) is 19.0. The first-order chi connectivity index (χ1) is 13.7. The fourth-order valence-corrected chi connectivity index (χ4v) is 3.61. The zero-order chi connectivity index (χ0) is 23.3. The van der Waals surface area contributed by atoms with E-state index in [0.29, 0.717) is 0 Å². The number of hydrogen-bond acceptors (Lipinski definition) is 10. The molecule has 0 unspecified atom stereocenters. The van der Waals surface area contributed by atoms with Crippen molar-refractivity contribution in [2.24, 2.45) is 0 Å². The average molecular weight is 487 g/mol. The number of carbonyl (C=O) groups excluding carboxylic acids is 2. The van der Waals surface area contributed by atoms with E-state index in [0.717, 1.165) is 12.1 Å². The summed E-state index contributed by atoms with van der Waals surface area (Å²) >= 11 is 0.